The lowest BCUT2D eigenvalue weighted by molar-refractivity contribution is 0.469. The molecular formula is C14H12BrClFNO. The molecule has 2 nitrogen and oxygen atoms in total. The van der Waals surface area contributed by atoms with Crippen LogP contribution in [0.3, 0.4) is 0 Å². The van der Waals surface area contributed by atoms with Crippen molar-refractivity contribution < 1.29 is 9.13 Å². The Morgan fingerprint density at radius 2 is 1.95 bits per heavy atom. The third kappa shape index (κ3) is 3.47. The van der Waals surface area contributed by atoms with Crippen molar-refractivity contribution in [3.05, 3.63) is 57.3 Å². The molecule has 2 aromatic rings. The molecule has 2 aromatic carbocycles. The quantitative estimate of drug-likeness (QED) is 0.845. The second-order valence-corrected chi connectivity index (χ2v) is 5.47. The molecule has 0 fully saturated rings. The van der Waals surface area contributed by atoms with E-state index in [2.05, 4.69) is 15.9 Å². The number of halogens is 3. The van der Waals surface area contributed by atoms with Crippen LogP contribution in [0.2, 0.25) is 5.02 Å². The summed E-state index contributed by atoms with van der Waals surface area (Å²) in [6.45, 7) is 1.77. The molecule has 0 saturated heterocycles. The van der Waals surface area contributed by atoms with Crippen LogP contribution >= 0.6 is 27.5 Å². The van der Waals surface area contributed by atoms with Crippen LogP contribution in [0.5, 0.6) is 11.5 Å². The van der Waals surface area contributed by atoms with Crippen molar-refractivity contribution in [3.63, 3.8) is 0 Å². The Balaban J connectivity index is 2.40. The van der Waals surface area contributed by atoms with Crippen molar-refractivity contribution >= 4 is 27.5 Å². The van der Waals surface area contributed by atoms with Gasteiger partial charge in [-0.2, -0.15) is 0 Å². The van der Waals surface area contributed by atoms with E-state index >= 15 is 0 Å². The van der Waals surface area contributed by atoms with E-state index < -0.39 is 0 Å². The SMILES string of the molecule is C[C@H](N)c1cc(F)ccc1Oc1cc(Br)ccc1Cl. The van der Waals surface area contributed by atoms with Gasteiger partial charge in [0.25, 0.3) is 0 Å². The van der Waals surface area contributed by atoms with Crippen LogP contribution in [0.1, 0.15) is 18.5 Å². The summed E-state index contributed by atoms with van der Waals surface area (Å²) in [4.78, 5) is 0. The minimum absolute atomic E-state index is 0.336. The third-order valence-electron chi connectivity index (χ3n) is 2.58. The van der Waals surface area contributed by atoms with Crippen LogP contribution in [0.15, 0.2) is 40.9 Å². The fourth-order valence-electron chi connectivity index (χ4n) is 1.64. The van der Waals surface area contributed by atoms with Crippen LogP contribution in [0.25, 0.3) is 0 Å². The summed E-state index contributed by atoms with van der Waals surface area (Å²) in [5.41, 5.74) is 6.41. The van der Waals surface area contributed by atoms with Crippen molar-refractivity contribution in [1.29, 1.82) is 0 Å². The van der Waals surface area contributed by atoms with Crippen molar-refractivity contribution in [2.75, 3.05) is 0 Å². The molecule has 1 atom stereocenters. The summed E-state index contributed by atoms with van der Waals surface area (Å²) < 4.78 is 19.8. The molecule has 0 heterocycles. The maximum absolute atomic E-state index is 13.2. The molecule has 0 bridgehead atoms. The standard InChI is InChI=1S/C14H12BrClFNO/c1-8(18)11-7-10(17)3-5-13(11)19-14-6-9(15)2-4-12(14)16/h2-8H,18H2,1H3/t8-/m0/s1. The normalized spacial score (nSPS) is 12.3. The van der Waals surface area contributed by atoms with E-state index in [1.807, 2.05) is 6.07 Å². The van der Waals surface area contributed by atoms with Gasteiger partial charge in [0, 0.05) is 16.1 Å². The Labute approximate surface area is 124 Å². The van der Waals surface area contributed by atoms with Gasteiger partial charge in [-0.3, -0.25) is 0 Å². The van der Waals surface area contributed by atoms with Crippen molar-refractivity contribution in [2.45, 2.75) is 13.0 Å². The predicted octanol–water partition coefficient (Wildman–Crippen LogP) is 5.05. The van der Waals surface area contributed by atoms with E-state index in [0.717, 1.165) is 4.47 Å². The molecule has 0 radical (unpaired) electrons. The third-order valence-corrected chi connectivity index (χ3v) is 3.38. The highest BCUT2D eigenvalue weighted by molar-refractivity contribution is 9.10. The van der Waals surface area contributed by atoms with Crippen LogP contribution in [-0.2, 0) is 0 Å². The van der Waals surface area contributed by atoms with Gasteiger partial charge < -0.3 is 10.5 Å². The maximum Gasteiger partial charge on any atom is 0.147 e. The van der Waals surface area contributed by atoms with Gasteiger partial charge in [-0.05, 0) is 43.3 Å². The van der Waals surface area contributed by atoms with Gasteiger partial charge in [-0.25, -0.2) is 4.39 Å². The minimum atomic E-state index is -0.347. The molecule has 5 heteroatoms. The Morgan fingerprint density at radius 1 is 1.21 bits per heavy atom. The number of benzene rings is 2. The van der Waals surface area contributed by atoms with Gasteiger partial charge in [-0.1, -0.05) is 27.5 Å². The topological polar surface area (TPSA) is 35.2 Å². The van der Waals surface area contributed by atoms with Gasteiger partial charge >= 0.3 is 0 Å². The molecule has 0 spiro atoms. The fraction of sp³-hybridized carbons (Fsp3) is 0.143. The van der Waals surface area contributed by atoms with Gasteiger partial charge in [0.2, 0.25) is 0 Å². The largest absolute Gasteiger partial charge is 0.455 e. The zero-order valence-electron chi connectivity index (χ0n) is 10.2. The fourth-order valence-corrected chi connectivity index (χ4v) is 2.14. The van der Waals surface area contributed by atoms with E-state index in [9.17, 15) is 4.39 Å². The van der Waals surface area contributed by atoms with E-state index in [1.54, 1.807) is 25.1 Å². The van der Waals surface area contributed by atoms with Gasteiger partial charge in [0.15, 0.2) is 0 Å². The zero-order valence-corrected chi connectivity index (χ0v) is 12.5. The monoisotopic (exact) mass is 343 g/mol. The molecule has 19 heavy (non-hydrogen) atoms. The summed E-state index contributed by atoms with van der Waals surface area (Å²) in [7, 11) is 0. The summed E-state index contributed by atoms with van der Waals surface area (Å²) in [6.07, 6.45) is 0. The van der Waals surface area contributed by atoms with Crippen LogP contribution in [0, 0.1) is 5.82 Å². The summed E-state index contributed by atoms with van der Waals surface area (Å²) >= 11 is 9.40. The lowest BCUT2D eigenvalue weighted by Gasteiger charge is -2.14. The molecule has 0 unspecified atom stereocenters. The first-order chi connectivity index (χ1) is 8.97. The van der Waals surface area contributed by atoms with Gasteiger partial charge in [0.1, 0.15) is 17.3 Å². The molecule has 2 N–H and O–H groups in total. The summed E-state index contributed by atoms with van der Waals surface area (Å²) in [6, 6.07) is 9.18. The number of ether oxygens (including phenoxy) is 1. The molecular weight excluding hydrogens is 333 g/mol. The summed E-state index contributed by atoms with van der Waals surface area (Å²) in [5.74, 6) is 0.640. The van der Waals surface area contributed by atoms with E-state index in [1.165, 1.54) is 12.1 Å². The Hall–Kier alpha value is -1.10. The Kier molecular flexibility index (Phi) is 4.45. The lowest BCUT2D eigenvalue weighted by Crippen LogP contribution is -2.07. The first kappa shape index (κ1) is 14.3. The van der Waals surface area contributed by atoms with Crippen molar-refractivity contribution in [2.24, 2.45) is 5.73 Å². The molecule has 0 aromatic heterocycles. The van der Waals surface area contributed by atoms with Crippen molar-refractivity contribution in [1.82, 2.24) is 0 Å². The average Bonchev–Trinajstić information content (AvgIpc) is 2.35. The van der Waals surface area contributed by atoms with E-state index in [4.69, 9.17) is 22.1 Å². The molecule has 0 amide bonds. The highest BCUT2D eigenvalue weighted by Crippen LogP contribution is 2.35. The lowest BCUT2D eigenvalue weighted by atomic mass is 10.1. The van der Waals surface area contributed by atoms with E-state index in [0.29, 0.717) is 22.1 Å². The second-order valence-electron chi connectivity index (χ2n) is 4.15. The molecule has 0 aliphatic carbocycles. The van der Waals surface area contributed by atoms with Gasteiger partial charge in [0.05, 0.1) is 5.02 Å². The number of hydrogen-bond donors (Lipinski definition) is 1. The molecule has 0 aliphatic heterocycles. The van der Waals surface area contributed by atoms with Crippen molar-refractivity contribution in [3.8, 4) is 11.5 Å². The maximum atomic E-state index is 13.2. The highest BCUT2D eigenvalue weighted by atomic mass is 79.9. The predicted molar refractivity (Wildman–Crippen MR) is 78.2 cm³/mol. The zero-order chi connectivity index (χ0) is 14.0. The number of hydrogen-bond acceptors (Lipinski definition) is 2. The average molecular weight is 345 g/mol. The van der Waals surface area contributed by atoms with E-state index in [-0.39, 0.29) is 11.9 Å². The van der Waals surface area contributed by atoms with Crippen LogP contribution in [0.4, 0.5) is 4.39 Å². The van der Waals surface area contributed by atoms with Gasteiger partial charge in [-0.15, -0.1) is 0 Å². The second kappa shape index (κ2) is 5.90. The summed E-state index contributed by atoms with van der Waals surface area (Å²) in [5, 5.41) is 0.475. The minimum Gasteiger partial charge on any atom is -0.455 e. The first-order valence-electron chi connectivity index (χ1n) is 5.65. The smallest absolute Gasteiger partial charge is 0.147 e. The first-order valence-corrected chi connectivity index (χ1v) is 6.82. The Bertz CT molecular complexity index is 604. The van der Waals surface area contributed by atoms with Crippen LogP contribution < -0.4 is 10.5 Å². The molecule has 0 aliphatic rings. The molecule has 100 valence electrons. The Morgan fingerprint density at radius 3 is 2.63 bits per heavy atom. The van der Waals surface area contributed by atoms with Crippen LogP contribution in [-0.4, -0.2) is 0 Å². The highest BCUT2D eigenvalue weighted by Gasteiger charge is 2.12. The number of rotatable bonds is 3. The molecule has 0 saturated carbocycles. The molecule has 2 rings (SSSR count). The number of nitrogens with two attached hydrogens (primary N) is 1.